The highest BCUT2D eigenvalue weighted by Crippen LogP contribution is 2.34. The summed E-state index contributed by atoms with van der Waals surface area (Å²) in [5, 5.41) is 15.0. The van der Waals surface area contributed by atoms with Gasteiger partial charge in [0.25, 0.3) is 17.7 Å². The third-order valence-corrected chi connectivity index (χ3v) is 18.4. The van der Waals surface area contributed by atoms with Crippen LogP contribution in [0.5, 0.6) is 0 Å². The first-order valence-corrected chi connectivity index (χ1v) is 38.6. The Kier molecular flexibility index (Phi) is 35.6. The molecule has 3 heterocycles. The van der Waals surface area contributed by atoms with E-state index in [2.05, 4.69) is 35.4 Å². The van der Waals surface area contributed by atoms with Crippen LogP contribution in [0.25, 0.3) is 0 Å². The fourth-order valence-electron chi connectivity index (χ4n) is 13.2. The molecule has 22 nitrogen and oxygen atoms in total. The number of fused-ring (bicyclic) bond motifs is 3. The van der Waals surface area contributed by atoms with E-state index in [4.69, 9.17) is 30.9 Å². The van der Waals surface area contributed by atoms with Gasteiger partial charge in [-0.2, -0.15) is 0 Å². The standard InChI is InChI=1S/C31H39N3O4.C27H32N4O3.C16H15N3O.C15H26O4.C2H6/c1-8-14-22(30(37)38-31(4,5)6)24(19-20(2)3)28(35)33-27-29(36)34(7)25-18-13-12-17-23(25)26(32-27)21-15-10-9-11-16-21;1-5-11-19(24(28)32)21(16-17(2)3)26(33)30-25-27(34)31(4)22-15-10-9-14-20(22)23(29-25)18-12-7-6-8-13-18;1-19-13-10-6-5-9-12(13)14(18-15(17)16(19)20)11-7-3-2-4-8-11;1-7-8-11(14(18)19-15(4,5)6)12(13(16)17)9-10(2)3;1-2/h8-13,15-18,20,22,24,27H,1,14,19H2,2-7H3,(H,33,35);5-10,12-15,17,19,21,25H,1,11,16H2,2-4H3,(H2,28,32)(H,30,33);2-10,15H,17H2,1H3;7,10-12H,1,8-9H2,2-6H3,(H,16,17);1-2H3/t22-,24+,27?;19-,21+,25?;;11-,12+;/m00.0./s1. The average Bonchev–Trinajstić information content (AvgIpc) is 1.70. The van der Waals surface area contributed by atoms with Gasteiger partial charge >= 0.3 is 17.9 Å². The number of allylic oxidation sites excluding steroid dienone is 3. The summed E-state index contributed by atoms with van der Waals surface area (Å²) in [4.78, 5) is 134. The molecule has 9 rings (SSSR count). The predicted octanol–water partition coefficient (Wildman–Crippen LogP) is 14.5. The molecule has 3 aliphatic heterocycles. The minimum atomic E-state index is -1.16. The number of rotatable bonds is 26. The highest BCUT2D eigenvalue weighted by Gasteiger charge is 2.42. The molecule has 0 spiro atoms. The van der Waals surface area contributed by atoms with E-state index in [1.165, 1.54) is 9.80 Å². The molecule has 0 saturated carbocycles. The van der Waals surface area contributed by atoms with Crippen LogP contribution in [-0.2, 0) is 52.6 Å². The van der Waals surface area contributed by atoms with Gasteiger partial charge in [-0.3, -0.25) is 48.1 Å². The maximum absolute atomic E-state index is 13.8. The zero-order valence-electron chi connectivity index (χ0n) is 68.9. The van der Waals surface area contributed by atoms with Crippen molar-refractivity contribution in [3.63, 3.8) is 0 Å². The third kappa shape index (κ3) is 26.4. The number of amides is 6. The van der Waals surface area contributed by atoms with E-state index >= 15 is 0 Å². The Morgan fingerprint density at radius 2 is 0.717 bits per heavy atom. The molecule has 6 aromatic rings. The highest BCUT2D eigenvalue weighted by molar-refractivity contribution is 6.22. The SMILES string of the molecule is C=CC[C@H](C(=O)OC(C)(C)C)[C@@H](CC(C)C)C(=O)NC1N=C(c2ccccc2)c2ccccc2N(C)C1=O.C=CC[C@H](C(=O)OC(C)(C)C)[C@@H](CC(C)C)C(=O)O.C=CC[C@H](C(N)=O)[C@@H](CC(C)C)C(=O)NC1N=C(c2ccccc2)c2ccccc2N(C)C1=O.CC.CN1C(=O)C(N)N=C(c2ccccc2)c2ccccc21. The van der Waals surface area contributed by atoms with Crippen molar-refractivity contribution >= 4 is 87.5 Å². The summed E-state index contributed by atoms with van der Waals surface area (Å²) in [7, 11) is 5.07. The zero-order valence-corrected chi connectivity index (χ0v) is 68.9. The largest absolute Gasteiger partial charge is 0.481 e. The van der Waals surface area contributed by atoms with E-state index < -0.39 is 101 Å². The summed E-state index contributed by atoms with van der Waals surface area (Å²) in [6.45, 7) is 37.6. The Hall–Kier alpha value is -11.3. The lowest BCUT2D eigenvalue weighted by atomic mass is 9.82. The molecular formula is C91H118N10O12. The number of likely N-dealkylation sites (N-methyl/N-ethyl adjacent to an activating group) is 3. The van der Waals surface area contributed by atoms with Crippen molar-refractivity contribution < 1.29 is 57.7 Å². The normalized spacial score (nSPS) is 16.8. The molecule has 0 bridgehead atoms. The van der Waals surface area contributed by atoms with Crippen molar-refractivity contribution in [3.05, 3.63) is 235 Å². The Labute approximate surface area is 668 Å². The molecular weight excluding hydrogens is 1430 g/mol. The van der Waals surface area contributed by atoms with Gasteiger partial charge in [-0.1, -0.05) is 219 Å². The number of ether oxygens (including phenoxy) is 2. The van der Waals surface area contributed by atoms with Crippen molar-refractivity contribution in [1.29, 1.82) is 0 Å². The van der Waals surface area contributed by atoms with Gasteiger partial charge in [0.2, 0.25) is 30.1 Å². The smallest absolute Gasteiger partial charge is 0.310 e. The minimum absolute atomic E-state index is 0.126. The molecule has 3 aliphatic rings. The second-order valence-electron chi connectivity index (χ2n) is 30.9. The van der Waals surface area contributed by atoms with E-state index in [1.807, 2.05) is 219 Å². The van der Waals surface area contributed by atoms with Crippen LogP contribution in [-0.4, -0.2) is 126 Å². The molecule has 6 amide bonds. The number of esters is 2. The number of hydrogen-bond donors (Lipinski definition) is 5. The third-order valence-electron chi connectivity index (χ3n) is 18.4. The van der Waals surface area contributed by atoms with Crippen molar-refractivity contribution in [1.82, 2.24) is 10.6 Å². The first kappa shape index (κ1) is 92.3. The summed E-state index contributed by atoms with van der Waals surface area (Å²) >= 11 is 0. The Balaban J connectivity index is 0.000000278. The Morgan fingerprint density at radius 1 is 0.442 bits per heavy atom. The maximum Gasteiger partial charge on any atom is 0.310 e. The van der Waals surface area contributed by atoms with Crippen molar-refractivity contribution in [3.8, 4) is 0 Å². The Bertz CT molecular complexity index is 4350. The van der Waals surface area contributed by atoms with E-state index in [1.54, 1.807) is 85.8 Å². The molecule has 113 heavy (non-hydrogen) atoms. The fraction of sp³-hybridized carbons (Fsp3) is 0.407. The van der Waals surface area contributed by atoms with Crippen LogP contribution in [0.2, 0.25) is 0 Å². The lowest BCUT2D eigenvalue weighted by Gasteiger charge is -2.30. The number of benzene rings is 6. The van der Waals surface area contributed by atoms with Crippen LogP contribution in [0.3, 0.4) is 0 Å². The minimum Gasteiger partial charge on any atom is -0.481 e. The number of aliphatic imine (C=N–C) groups is 3. The quantitative estimate of drug-likeness (QED) is 0.0249. The maximum atomic E-state index is 13.8. The highest BCUT2D eigenvalue weighted by atomic mass is 16.6. The molecule has 7 N–H and O–H groups in total. The van der Waals surface area contributed by atoms with Gasteiger partial charge < -0.3 is 51.4 Å². The first-order valence-electron chi connectivity index (χ1n) is 38.6. The van der Waals surface area contributed by atoms with Crippen LogP contribution in [0.4, 0.5) is 17.1 Å². The average molecular weight is 1540 g/mol. The molecule has 604 valence electrons. The van der Waals surface area contributed by atoms with E-state index in [0.717, 1.165) is 44.8 Å². The van der Waals surface area contributed by atoms with Crippen molar-refractivity contribution in [2.24, 2.45) is 79.7 Å². The summed E-state index contributed by atoms with van der Waals surface area (Å²) in [5.74, 6) is -7.99. The number of para-hydroxylation sites is 3. The van der Waals surface area contributed by atoms with Crippen molar-refractivity contribution in [2.45, 2.75) is 165 Å². The van der Waals surface area contributed by atoms with E-state index in [9.17, 15) is 48.3 Å². The number of nitrogens with two attached hydrogens (primary N) is 2. The predicted molar refractivity (Wildman–Crippen MR) is 451 cm³/mol. The van der Waals surface area contributed by atoms with Gasteiger partial charge in [-0.15, -0.1) is 19.7 Å². The number of carbonyl (C=O) groups excluding carboxylic acids is 8. The molecule has 0 saturated heterocycles. The summed E-state index contributed by atoms with van der Waals surface area (Å²) in [6.07, 6.45) is 3.82. The number of primary amides is 1. The number of hydrogen-bond acceptors (Lipinski definition) is 15. The summed E-state index contributed by atoms with van der Waals surface area (Å²) in [5.41, 5.74) is 19.5. The molecule has 6 aromatic carbocycles. The molecule has 0 aliphatic carbocycles. The topological polar surface area (TPSA) is 315 Å². The first-order chi connectivity index (χ1) is 53.4. The van der Waals surface area contributed by atoms with Crippen LogP contribution >= 0.6 is 0 Å². The van der Waals surface area contributed by atoms with Crippen LogP contribution in [0.15, 0.2) is 217 Å². The number of nitrogens with one attached hydrogen (secondary N) is 2. The van der Waals surface area contributed by atoms with Crippen LogP contribution in [0, 0.1) is 53.3 Å². The molecule has 9 atom stereocenters. The number of carbonyl (C=O) groups is 9. The Morgan fingerprint density at radius 3 is 1.02 bits per heavy atom. The number of nitrogens with zero attached hydrogens (tertiary/aromatic N) is 6. The molecule has 0 fully saturated rings. The molecule has 22 heteroatoms. The number of anilines is 3. The number of aliphatic carboxylic acids is 1. The van der Waals surface area contributed by atoms with Crippen LogP contribution in [0.1, 0.15) is 169 Å². The van der Waals surface area contributed by atoms with Gasteiger partial charge in [-0.25, -0.2) is 9.98 Å². The summed E-state index contributed by atoms with van der Waals surface area (Å²) in [6, 6.07) is 51.6. The monoisotopic (exact) mass is 1540 g/mol. The van der Waals surface area contributed by atoms with Gasteiger partial charge in [0.1, 0.15) is 11.2 Å². The second kappa shape index (κ2) is 43.5. The number of carboxylic acid groups (broad SMARTS) is 1. The zero-order chi connectivity index (χ0) is 84.2. The van der Waals surface area contributed by atoms with Gasteiger partial charge in [0.15, 0.2) is 6.17 Å². The van der Waals surface area contributed by atoms with E-state index in [-0.39, 0.29) is 48.3 Å². The van der Waals surface area contributed by atoms with Gasteiger partial charge in [0.05, 0.1) is 69.7 Å². The lowest BCUT2D eigenvalue weighted by Crippen LogP contribution is -2.50. The van der Waals surface area contributed by atoms with Crippen molar-refractivity contribution in [2.75, 3.05) is 35.8 Å². The number of benzodiazepines with no additional fused rings is 3. The van der Waals surface area contributed by atoms with E-state index in [0.29, 0.717) is 48.5 Å². The molecule has 0 aromatic heterocycles. The number of carboxylic acids is 1. The fourth-order valence-corrected chi connectivity index (χ4v) is 13.2. The molecule has 0 radical (unpaired) electrons. The molecule has 3 unspecified atom stereocenters. The lowest BCUT2D eigenvalue weighted by molar-refractivity contribution is -0.167. The summed E-state index contributed by atoms with van der Waals surface area (Å²) < 4.78 is 11.0. The van der Waals surface area contributed by atoms with Gasteiger partial charge in [-0.05, 0) is 116 Å². The van der Waals surface area contributed by atoms with Gasteiger partial charge in [0, 0.05) is 54.5 Å². The second-order valence-corrected chi connectivity index (χ2v) is 30.9. The van der Waals surface area contributed by atoms with Crippen LogP contribution < -0.4 is 36.8 Å².